The Hall–Kier alpha value is -0.460. The normalized spacial score (nSPS) is 14.9. The van der Waals surface area contributed by atoms with Crippen molar-refractivity contribution >= 4 is 19.2 Å². The monoisotopic (exact) mass is 274 g/mol. The zero-order chi connectivity index (χ0) is 12.9. The second-order valence-corrected chi connectivity index (χ2v) is 6.10. The van der Waals surface area contributed by atoms with Crippen molar-refractivity contribution in [2.75, 3.05) is 14.2 Å². The predicted octanol–water partition coefficient (Wildman–Crippen LogP) is 4.55. The number of hydrogen-bond donors (Lipinski definition) is 0. The zero-order valence-corrected chi connectivity index (χ0v) is 12.6. The summed E-state index contributed by atoms with van der Waals surface area (Å²) in [4.78, 5) is 0. The molecule has 0 heterocycles. The van der Waals surface area contributed by atoms with Gasteiger partial charge in [-0.2, -0.15) is 0 Å². The number of rotatable bonds is 6. The summed E-state index contributed by atoms with van der Waals surface area (Å²) in [5.41, 5.74) is 1.13. The molecule has 0 radical (unpaired) electrons. The van der Waals surface area contributed by atoms with E-state index < -0.39 is 0 Å². The van der Waals surface area contributed by atoms with Crippen LogP contribution in [0.15, 0.2) is 18.2 Å². The predicted molar refractivity (Wildman–Crippen MR) is 76.0 cm³/mol. The van der Waals surface area contributed by atoms with Gasteiger partial charge in [-0.25, -0.2) is 0 Å². The van der Waals surface area contributed by atoms with Gasteiger partial charge in [0.25, 0.3) is 0 Å². The minimum atomic E-state index is -0.0454. The van der Waals surface area contributed by atoms with E-state index in [0.717, 1.165) is 29.9 Å². The Morgan fingerprint density at radius 2 is 2.00 bits per heavy atom. The molecule has 1 rings (SSSR count). The van der Waals surface area contributed by atoms with E-state index in [1.54, 1.807) is 14.2 Å². The van der Waals surface area contributed by atoms with E-state index >= 15 is 0 Å². The van der Waals surface area contributed by atoms with Crippen LogP contribution in [-0.2, 0) is 5.16 Å². The van der Waals surface area contributed by atoms with Crippen LogP contribution in [0.3, 0.4) is 0 Å². The highest BCUT2D eigenvalue weighted by molar-refractivity contribution is 7.69. The molecular weight excluding hydrogens is 255 g/mol. The lowest BCUT2D eigenvalue weighted by Crippen LogP contribution is -2.15. The molecule has 1 aromatic rings. The van der Waals surface area contributed by atoms with Crippen molar-refractivity contribution in [3.63, 3.8) is 0 Å². The third-order valence-corrected chi connectivity index (χ3v) is 5.15. The van der Waals surface area contributed by atoms with Gasteiger partial charge in [0.1, 0.15) is 11.5 Å². The van der Waals surface area contributed by atoms with Gasteiger partial charge >= 0.3 is 0 Å². The molecule has 0 amide bonds. The maximum atomic E-state index is 6.18. The Morgan fingerprint density at radius 3 is 2.47 bits per heavy atom. The summed E-state index contributed by atoms with van der Waals surface area (Å²) >= 11 is 6.18. The minimum absolute atomic E-state index is 0.0454. The van der Waals surface area contributed by atoms with Crippen LogP contribution in [0.1, 0.15) is 32.3 Å². The van der Waals surface area contributed by atoms with Crippen LogP contribution in [0.2, 0.25) is 0 Å². The fourth-order valence-electron chi connectivity index (χ4n) is 1.98. The highest BCUT2D eigenvalue weighted by Crippen LogP contribution is 2.51. The van der Waals surface area contributed by atoms with E-state index in [4.69, 9.17) is 20.7 Å². The lowest BCUT2D eigenvalue weighted by molar-refractivity contribution is 0.391. The summed E-state index contributed by atoms with van der Waals surface area (Å²) in [6.45, 7) is 4.35. The summed E-state index contributed by atoms with van der Waals surface area (Å²) in [5, 5.41) is -0.0454. The molecule has 0 saturated heterocycles. The Balaban J connectivity index is 3.24. The first-order valence-corrected chi connectivity index (χ1v) is 7.72. The van der Waals surface area contributed by atoms with Crippen molar-refractivity contribution in [3.8, 4) is 11.5 Å². The second kappa shape index (κ2) is 6.47. The van der Waals surface area contributed by atoms with Crippen LogP contribution in [0, 0.1) is 0 Å². The largest absolute Gasteiger partial charge is 0.497 e. The molecule has 4 heteroatoms. The molecule has 0 N–H and O–H groups in total. The minimum Gasteiger partial charge on any atom is -0.497 e. The second-order valence-electron chi connectivity index (χ2n) is 4.24. The van der Waals surface area contributed by atoms with Crippen LogP contribution in [0.25, 0.3) is 0 Å². The molecule has 0 aliphatic rings. The molecular formula is C13H20ClO2P. The average molecular weight is 275 g/mol. The van der Waals surface area contributed by atoms with Crippen LogP contribution in [-0.4, -0.2) is 14.2 Å². The van der Waals surface area contributed by atoms with Gasteiger partial charge in [0, 0.05) is 10.7 Å². The molecule has 2 nitrogen and oxygen atoms in total. The molecule has 0 spiro atoms. The first kappa shape index (κ1) is 14.6. The summed E-state index contributed by atoms with van der Waals surface area (Å²) in [6, 6.07) is 5.88. The molecule has 1 aromatic carbocycles. The fourth-order valence-corrected chi connectivity index (χ4v) is 3.21. The third kappa shape index (κ3) is 3.26. The van der Waals surface area contributed by atoms with Crippen molar-refractivity contribution in [2.24, 2.45) is 0 Å². The van der Waals surface area contributed by atoms with E-state index in [1.807, 2.05) is 18.2 Å². The molecule has 2 atom stereocenters. The van der Waals surface area contributed by atoms with E-state index in [2.05, 4.69) is 13.8 Å². The van der Waals surface area contributed by atoms with Gasteiger partial charge in [-0.15, -0.1) is 0 Å². The van der Waals surface area contributed by atoms with Gasteiger partial charge in [0.05, 0.1) is 14.2 Å². The zero-order valence-electron chi connectivity index (χ0n) is 10.8. The Morgan fingerprint density at radius 1 is 1.29 bits per heavy atom. The summed E-state index contributed by atoms with van der Waals surface area (Å²) in [6.07, 6.45) is 2.13. The van der Waals surface area contributed by atoms with Gasteiger partial charge in [-0.05, 0) is 32.6 Å². The van der Waals surface area contributed by atoms with Gasteiger partial charge in [0.15, 0.2) is 0 Å². The van der Waals surface area contributed by atoms with E-state index in [-0.39, 0.29) is 5.16 Å². The van der Waals surface area contributed by atoms with Crippen LogP contribution >= 0.6 is 19.2 Å². The molecule has 17 heavy (non-hydrogen) atoms. The summed E-state index contributed by atoms with van der Waals surface area (Å²) in [7, 11) is 3.68. The number of ether oxygens (including phenoxy) is 2. The smallest absolute Gasteiger partial charge is 0.123 e. The molecule has 2 unspecified atom stereocenters. The first-order chi connectivity index (χ1) is 8.11. The summed E-state index contributed by atoms with van der Waals surface area (Å²) < 4.78 is 10.7. The van der Waals surface area contributed by atoms with Gasteiger partial charge in [-0.1, -0.05) is 31.5 Å². The molecule has 0 aromatic heterocycles. The van der Waals surface area contributed by atoms with Crippen molar-refractivity contribution < 1.29 is 9.47 Å². The Bertz CT molecular complexity index is 370. The van der Waals surface area contributed by atoms with Gasteiger partial charge in [0.2, 0.25) is 0 Å². The number of methoxy groups -OCH3 is 2. The Labute approximate surface area is 110 Å². The number of hydrogen-bond acceptors (Lipinski definition) is 2. The number of benzene rings is 1. The molecule has 0 bridgehead atoms. The van der Waals surface area contributed by atoms with Crippen molar-refractivity contribution in [2.45, 2.75) is 31.8 Å². The average Bonchev–Trinajstić information content (AvgIpc) is 2.38. The van der Waals surface area contributed by atoms with E-state index in [0.29, 0.717) is 7.93 Å². The molecule has 0 fully saturated rings. The fraction of sp³-hybridized carbons (Fsp3) is 0.538. The standard InChI is InChI=1S/C13H20ClO2P/c1-5-8-13(2,17-14)11-9-10(15-3)6-7-12(11)16-4/h6-7,9,17H,5,8H2,1-4H3. The van der Waals surface area contributed by atoms with E-state index in [9.17, 15) is 0 Å². The lowest BCUT2D eigenvalue weighted by atomic mass is 9.94. The lowest BCUT2D eigenvalue weighted by Gasteiger charge is -2.29. The highest BCUT2D eigenvalue weighted by atomic mass is 35.7. The quantitative estimate of drug-likeness (QED) is 0.709. The SMILES string of the molecule is CCCC(C)(PCl)c1cc(OC)ccc1OC. The van der Waals surface area contributed by atoms with Crippen LogP contribution < -0.4 is 9.47 Å². The van der Waals surface area contributed by atoms with Crippen molar-refractivity contribution in [1.29, 1.82) is 0 Å². The molecule has 0 saturated carbocycles. The van der Waals surface area contributed by atoms with Gasteiger partial charge in [-0.3, -0.25) is 0 Å². The number of halogens is 1. The maximum absolute atomic E-state index is 6.18. The van der Waals surface area contributed by atoms with Crippen LogP contribution in [0.4, 0.5) is 0 Å². The van der Waals surface area contributed by atoms with Gasteiger partial charge < -0.3 is 9.47 Å². The topological polar surface area (TPSA) is 18.5 Å². The van der Waals surface area contributed by atoms with Crippen LogP contribution in [0.5, 0.6) is 11.5 Å². The third-order valence-electron chi connectivity index (χ3n) is 2.96. The molecule has 0 aliphatic carbocycles. The summed E-state index contributed by atoms with van der Waals surface area (Å²) in [5.74, 6) is 1.73. The van der Waals surface area contributed by atoms with Crippen molar-refractivity contribution in [1.82, 2.24) is 0 Å². The van der Waals surface area contributed by atoms with E-state index in [1.165, 1.54) is 0 Å². The molecule has 0 aliphatic heterocycles. The first-order valence-electron chi connectivity index (χ1n) is 5.71. The molecule has 96 valence electrons. The highest BCUT2D eigenvalue weighted by Gasteiger charge is 2.28. The Kier molecular flexibility index (Phi) is 5.55. The maximum Gasteiger partial charge on any atom is 0.123 e. The van der Waals surface area contributed by atoms with Crippen molar-refractivity contribution in [3.05, 3.63) is 23.8 Å².